The molecular formula is C24H25FO4S. The third-order valence-corrected chi connectivity index (χ3v) is 7.32. The molecule has 2 heterocycles. The second-order valence-corrected chi connectivity index (χ2v) is 9.58. The van der Waals surface area contributed by atoms with Gasteiger partial charge in [-0.2, -0.15) is 0 Å². The lowest BCUT2D eigenvalue weighted by Gasteiger charge is -2.37. The van der Waals surface area contributed by atoms with Crippen molar-refractivity contribution in [3.05, 3.63) is 69.8 Å². The molecule has 1 saturated heterocycles. The molecule has 0 amide bonds. The van der Waals surface area contributed by atoms with Crippen molar-refractivity contribution in [3.63, 3.8) is 0 Å². The number of hydrogen-bond acceptors (Lipinski definition) is 5. The fourth-order valence-electron chi connectivity index (χ4n) is 4.43. The minimum Gasteiger partial charge on any atom is -0.394 e. The third-order valence-electron chi connectivity index (χ3n) is 6.21. The summed E-state index contributed by atoms with van der Waals surface area (Å²) in [7, 11) is 0. The van der Waals surface area contributed by atoms with E-state index in [-0.39, 0.29) is 18.8 Å². The predicted octanol–water partition coefficient (Wildman–Crippen LogP) is 4.05. The van der Waals surface area contributed by atoms with E-state index in [9.17, 15) is 15.3 Å². The van der Waals surface area contributed by atoms with E-state index in [0.717, 1.165) is 34.2 Å². The van der Waals surface area contributed by atoms with Gasteiger partial charge in [0.1, 0.15) is 18.0 Å². The minimum atomic E-state index is -1.12. The molecule has 6 heteroatoms. The Kier molecular flexibility index (Phi) is 5.37. The van der Waals surface area contributed by atoms with Gasteiger partial charge in [-0.3, -0.25) is 0 Å². The van der Waals surface area contributed by atoms with Crippen LogP contribution in [0.3, 0.4) is 0 Å². The lowest BCUT2D eigenvalue weighted by Crippen LogP contribution is -2.47. The fraction of sp³-hybridized carbons (Fsp3) is 0.417. The van der Waals surface area contributed by atoms with Crippen LogP contribution in [0.25, 0.3) is 10.1 Å². The first-order chi connectivity index (χ1) is 14.5. The molecule has 3 aromatic rings. The van der Waals surface area contributed by atoms with Crippen LogP contribution in [0.15, 0.2) is 42.5 Å². The molecule has 2 fully saturated rings. The van der Waals surface area contributed by atoms with Crippen molar-refractivity contribution < 1.29 is 24.4 Å². The van der Waals surface area contributed by atoms with Crippen LogP contribution in [0.1, 0.15) is 52.9 Å². The number of ether oxygens (including phenoxy) is 1. The highest BCUT2D eigenvalue weighted by molar-refractivity contribution is 7.19. The molecule has 1 aromatic heterocycles. The first-order valence-corrected chi connectivity index (χ1v) is 11.3. The van der Waals surface area contributed by atoms with Crippen LogP contribution >= 0.6 is 11.3 Å². The Bertz CT molecular complexity index is 1030. The van der Waals surface area contributed by atoms with Crippen molar-refractivity contribution >= 4 is 21.4 Å². The van der Waals surface area contributed by atoms with E-state index < -0.39 is 24.4 Å². The van der Waals surface area contributed by atoms with Gasteiger partial charge in [0, 0.05) is 22.4 Å². The summed E-state index contributed by atoms with van der Waals surface area (Å²) in [5.41, 5.74) is 2.41. The molecule has 0 radical (unpaired) electrons. The number of halogens is 1. The van der Waals surface area contributed by atoms with Crippen LogP contribution in [0.2, 0.25) is 0 Å². The summed E-state index contributed by atoms with van der Waals surface area (Å²) in [6.45, 7) is -0.372. The second kappa shape index (κ2) is 8.02. The standard InChI is InChI=1S/C24H25FO4S/c25-19-10-17(13-5-6-13)18(21-11-20(27)24(28)22(12-26)29-21)9-15(19)8-16-7-14-3-1-2-4-23(14)30-16/h1-4,7,9-10,13,20-22,24,26-28H,5-6,8,11-12H2/t20?,21?,22?,24-/m0/s1. The molecule has 4 atom stereocenters. The molecule has 0 bridgehead atoms. The number of aliphatic hydroxyl groups excluding tert-OH is 3. The number of hydrogen-bond donors (Lipinski definition) is 3. The summed E-state index contributed by atoms with van der Waals surface area (Å²) in [5, 5.41) is 31.0. The molecule has 30 heavy (non-hydrogen) atoms. The number of benzene rings is 2. The summed E-state index contributed by atoms with van der Waals surface area (Å²) in [4.78, 5) is 1.09. The quantitative estimate of drug-likeness (QED) is 0.573. The first-order valence-electron chi connectivity index (χ1n) is 10.5. The molecular weight excluding hydrogens is 403 g/mol. The van der Waals surface area contributed by atoms with Gasteiger partial charge in [0.15, 0.2) is 0 Å². The van der Waals surface area contributed by atoms with Crippen LogP contribution < -0.4 is 0 Å². The molecule has 5 rings (SSSR count). The monoisotopic (exact) mass is 428 g/mol. The lowest BCUT2D eigenvalue weighted by atomic mass is 9.88. The van der Waals surface area contributed by atoms with Gasteiger partial charge in [-0.1, -0.05) is 18.2 Å². The van der Waals surface area contributed by atoms with Crippen molar-refractivity contribution in [2.24, 2.45) is 0 Å². The molecule has 1 saturated carbocycles. The maximum absolute atomic E-state index is 15.0. The van der Waals surface area contributed by atoms with E-state index in [1.54, 1.807) is 17.4 Å². The molecule has 1 aliphatic carbocycles. The van der Waals surface area contributed by atoms with Gasteiger partial charge in [-0.25, -0.2) is 4.39 Å². The minimum absolute atomic E-state index is 0.215. The summed E-state index contributed by atoms with van der Waals surface area (Å²) in [6.07, 6.45) is -0.666. The Labute approximate surface area is 178 Å². The average molecular weight is 429 g/mol. The zero-order chi connectivity index (χ0) is 20.8. The van der Waals surface area contributed by atoms with E-state index in [0.29, 0.717) is 17.9 Å². The SMILES string of the molecule is OCC1OC(c2cc(Cc3cc4ccccc4s3)c(F)cc2C2CC2)CC(O)[C@@H]1O. The molecule has 2 aromatic carbocycles. The van der Waals surface area contributed by atoms with E-state index in [2.05, 4.69) is 18.2 Å². The number of thiophene rings is 1. The van der Waals surface area contributed by atoms with Crippen molar-refractivity contribution in [2.75, 3.05) is 6.61 Å². The maximum Gasteiger partial charge on any atom is 0.127 e. The Morgan fingerprint density at radius 2 is 1.87 bits per heavy atom. The van der Waals surface area contributed by atoms with Gasteiger partial charge in [0.05, 0.1) is 18.8 Å². The number of aliphatic hydroxyl groups is 3. The third kappa shape index (κ3) is 3.79. The molecule has 0 spiro atoms. The van der Waals surface area contributed by atoms with Crippen molar-refractivity contribution in [2.45, 2.75) is 56.0 Å². The van der Waals surface area contributed by atoms with E-state index in [1.165, 1.54) is 4.70 Å². The zero-order valence-corrected chi connectivity index (χ0v) is 17.3. The molecule has 2 aliphatic rings. The molecule has 1 aliphatic heterocycles. The normalized spacial score (nSPS) is 26.9. The first kappa shape index (κ1) is 20.1. The summed E-state index contributed by atoms with van der Waals surface area (Å²) in [6, 6.07) is 13.7. The molecule has 4 nitrogen and oxygen atoms in total. The van der Waals surface area contributed by atoms with Crippen LogP contribution in [0.4, 0.5) is 4.39 Å². The van der Waals surface area contributed by atoms with Gasteiger partial charge in [-0.15, -0.1) is 11.3 Å². The van der Waals surface area contributed by atoms with Crippen molar-refractivity contribution in [1.82, 2.24) is 0 Å². The highest BCUT2D eigenvalue weighted by Gasteiger charge is 2.39. The molecule has 158 valence electrons. The summed E-state index contributed by atoms with van der Waals surface area (Å²) < 4.78 is 22.2. The topological polar surface area (TPSA) is 69.9 Å². The Balaban J connectivity index is 1.50. The maximum atomic E-state index is 15.0. The van der Waals surface area contributed by atoms with Crippen LogP contribution in [-0.4, -0.2) is 40.2 Å². The van der Waals surface area contributed by atoms with E-state index >= 15 is 4.39 Å². The Morgan fingerprint density at radius 1 is 1.07 bits per heavy atom. The average Bonchev–Trinajstić information content (AvgIpc) is 3.50. The molecule has 3 N–H and O–H groups in total. The van der Waals surface area contributed by atoms with Gasteiger partial charge in [0.25, 0.3) is 0 Å². The summed E-state index contributed by atoms with van der Waals surface area (Å²) in [5.74, 6) is 0.0984. The van der Waals surface area contributed by atoms with Crippen molar-refractivity contribution in [3.8, 4) is 0 Å². The number of fused-ring (bicyclic) bond motifs is 1. The number of rotatable bonds is 5. The predicted molar refractivity (Wildman–Crippen MR) is 114 cm³/mol. The fourth-order valence-corrected chi connectivity index (χ4v) is 5.52. The van der Waals surface area contributed by atoms with E-state index in [1.807, 2.05) is 18.2 Å². The van der Waals surface area contributed by atoms with Crippen LogP contribution in [0.5, 0.6) is 0 Å². The van der Waals surface area contributed by atoms with Gasteiger partial charge < -0.3 is 20.1 Å². The highest BCUT2D eigenvalue weighted by Crippen LogP contribution is 2.46. The van der Waals surface area contributed by atoms with Crippen LogP contribution in [0, 0.1) is 5.82 Å². The van der Waals surface area contributed by atoms with Crippen LogP contribution in [-0.2, 0) is 11.2 Å². The van der Waals surface area contributed by atoms with E-state index in [4.69, 9.17) is 4.74 Å². The Hall–Kier alpha value is -1.83. The molecule has 3 unspecified atom stereocenters. The van der Waals surface area contributed by atoms with Gasteiger partial charge in [0.2, 0.25) is 0 Å². The lowest BCUT2D eigenvalue weighted by molar-refractivity contribution is -0.181. The zero-order valence-electron chi connectivity index (χ0n) is 16.5. The van der Waals surface area contributed by atoms with Gasteiger partial charge >= 0.3 is 0 Å². The summed E-state index contributed by atoms with van der Waals surface area (Å²) >= 11 is 1.67. The largest absolute Gasteiger partial charge is 0.394 e. The smallest absolute Gasteiger partial charge is 0.127 e. The Morgan fingerprint density at radius 3 is 2.60 bits per heavy atom. The van der Waals surface area contributed by atoms with Crippen molar-refractivity contribution in [1.29, 1.82) is 0 Å². The highest BCUT2D eigenvalue weighted by atomic mass is 32.1. The van der Waals surface area contributed by atoms with Gasteiger partial charge in [-0.05, 0) is 65.1 Å². The second-order valence-electron chi connectivity index (χ2n) is 8.41.